The predicted molar refractivity (Wildman–Crippen MR) is 71.7 cm³/mol. The van der Waals surface area contributed by atoms with Gasteiger partial charge in [0.25, 0.3) is 0 Å². The zero-order valence-corrected chi connectivity index (χ0v) is 10.4. The molecule has 0 radical (unpaired) electrons. The maximum atomic E-state index is 6.25. The van der Waals surface area contributed by atoms with Crippen LogP contribution in [0.1, 0.15) is 5.56 Å². The van der Waals surface area contributed by atoms with Gasteiger partial charge in [-0.3, -0.25) is 0 Å². The van der Waals surface area contributed by atoms with Gasteiger partial charge in [-0.05, 0) is 12.0 Å². The number of thioether (sulfide) groups is 2. The smallest absolute Gasteiger partial charge is 0.0293 e. The molecule has 0 saturated carbocycles. The first-order valence-electron chi connectivity index (χ1n) is 5.35. The van der Waals surface area contributed by atoms with Crippen LogP contribution in [0.4, 0.5) is 0 Å². The van der Waals surface area contributed by atoms with E-state index in [0.717, 1.165) is 6.42 Å². The Labute approximate surface area is 100 Å². The lowest BCUT2D eigenvalue weighted by atomic mass is 10.0. The van der Waals surface area contributed by atoms with Crippen molar-refractivity contribution < 1.29 is 0 Å². The average molecular weight is 239 g/mol. The Hall–Kier alpha value is -0.120. The van der Waals surface area contributed by atoms with Gasteiger partial charge in [0.15, 0.2) is 0 Å². The monoisotopic (exact) mass is 239 g/mol. The minimum atomic E-state index is 0.310. The van der Waals surface area contributed by atoms with E-state index in [9.17, 15) is 0 Å². The van der Waals surface area contributed by atoms with Crippen molar-refractivity contribution in [3.8, 4) is 0 Å². The zero-order chi connectivity index (χ0) is 10.5. The molecule has 2 unspecified atom stereocenters. The summed E-state index contributed by atoms with van der Waals surface area (Å²) in [6.07, 6.45) is 1.01. The summed E-state index contributed by atoms with van der Waals surface area (Å²) in [5.74, 6) is 3.77. The number of hydrogen-bond acceptors (Lipinski definition) is 3. The molecule has 1 aromatic carbocycles. The van der Waals surface area contributed by atoms with Crippen molar-refractivity contribution >= 4 is 23.5 Å². The van der Waals surface area contributed by atoms with Crippen LogP contribution in [0.25, 0.3) is 0 Å². The van der Waals surface area contributed by atoms with E-state index < -0.39 is 0 Å². The third-order valence-electron chi connectivity index (χ3n) is 2.63. The van der Waals surface area contributed by atoms with Crippen molar-refractivity contribution in [1.82, 2.24) is 0 Å². The number of hydrogen-bond donors (Lipinski definition) is 1. The highest BCUT2D eigenvalue weighted by Crippen LogP contribution is 2.26. The third-order valence-corrected chi connectivity index (χ3v) is 5.57. The van der Waals surface area contributed by atoms with Crippen molar-refractivity contribution in [2.75, 3.05) is 17.3 Å². The minimum absolute atomic E-state index is 0.310. The van der Waals surface area contributed by atoms with Crippen LogP contribution in [0.2, 0.25) is 0 Å². The first kappa shape index (κ1) is 11.4. The van der Waals surface area contributed by atoms with Crippen LogP contribution >= 0.6 is 23.5 Å². The molecule has 0 spiro atoms. The molecule has 0 amide bonds. The second-order valence-corrected chi connectivity index (χ2v) is 6.33. The topological polar surface area (TPSA) is 26.0 Å². The molecule has 1 nitrogen and oxygen atoms in total. The largest absolute Gasteiger partial charge is 0.326 e. The Bertz CT molecular complexity index is 283. The van der Waals surface area contributed by atoms with Crippen molar-refractivity contribution in [2.24, 2.45) is 5.73 Å². The lowest BCUT2D eigenvalue weighted by molar-refractivity contribution is 0.664. The molecule has 1 fully saturated rings. The van der Waals surface area contributed by atoms with E-state index >= 15 is 0 Å². The first-order valence-corrected chi connectivity index (χ1v) is 7.55. The zero-order valence-electron chi connectivity index (χ0n) is 8.76. The number of benzene rings is 1. The SMILES string of the molecule is NC(Cc1ccccc1)C1CSCCS1. The van der Waals surface area contributed by atoms with E-state index in [1.165, 1.54) is 22.8 Å². The third kappa shape index (κ3) is 3.44. The fourth-order valence-electron chi connectivity index (χ4n) is 1.77. The summed E-state index contributed by atoms with van der Waals surface area (Å²) in [5.41, 5.74) is 7.61. The van der Waals surface area contributed by atoms with Crippen LogP contribution in [-0.4, -0.2) is 28.6 Å². The Balaban J connectivity index is 1.88. The van der Waals surface area contributed by atoms with Crippen LogP contribution in [0.3, 0.4) is 0 Å². The summed E-state index contributed by atoms with van der Waals surface area (Å²) in [7, 11) is 0. The van der Waals surface area contributed by atoms with Crippen LogP contribution in [-0.2, 0) is 6.42 Å². The van der Waals surface area contributed by atoms with Crippen LogP contribution in [0, 0.1) is 0 Å². The Morgan fingerprint density at radius 3 is 2.73 bits per heavy atom. The van der Waals surface area contributed by atoms with Gasteiger partial charge in [-0.25, -0.2) is 0 Å². The maximum absolute atomic E-state index is 6.25. The molecule has 82 valence electrons. The van der Waals surface area contributed by atoms with E-state index in [2.05, 4.69) is 30.3 Å². The lowest BCUT2D eigenvalue weighted by Gasteiger charge is -2.26. The van der Waals surface area contributed by atoms with Gasteiger partial charge >= 0.3 is 0 Å². The van der Waals surface area contributed by atoms with Crippen molar-refractivity contribution in [3.05, 3.63) is 35.9 Å². The molecule has 1 aliphatic rings. The van der Waals surface area contributed by atoms with Gasteiger partial charge in [-0.2, -0.15) is 23.5 Å². The van der Waals surface area contributed by atoms with Gasteiger partial charge < -0.3 is 5.73 Å². The molecule has 2 rings (SSSR count). The van der Waals surface area contributed by atoms with Gasteiger partial charge in [-0.1, -0.05) is 30.3 Å². The molecule has 15 heavy (non-hydrogen) atoms. The van der Waals surface area contributed by atoms with Crippen LogP contribution < -0.4 is 5.73 Å². The number of rotatable bonds is 3. The molecule has 1 aliphatic heterocycles. The molecule has 0 bridgehead atoms. The molecule has 0 aliphatic carbocycles. The Kier molecular flexibility index (Phi) is 4.42. The standard InChI is InChI=1S/C12H17NS2/c13-11(12-9-14-6-7-15-12)8-10-4-2-1-3-5-10/h1-5,11-12H,6-9,13H2. The molecule has 2 atom stereocenters. The van der Waals surface area contributed by atoms with Gasteiger partial charge in [0.05, 0.1) is 0 Å². The molecule has 0 aromatic heterocycles. The summed E-state index contributed by atoms with van der Waals surface area (Å²) in [6, 6.07) is 10.9. The molecule has 1 saturated heterocycles. The van der Waals surface area contributed by atoms with E-state index in [1.807, 2.05) is 23.5 Å². The van der Waals surface area contributed by atoms with Crippen molar-refractivity contribution in [2.45, 2.75) is 17.7 Å². The molecule has 3 heteroatoms. The normalized spacial score (nSPS) is 23.7. The molecule has 1 heterocycles. The van der Waals surface area contributed by atoms with Crippen molar-refractivity contribution in [3.63, 3.8) is 0 Å². The summed E-state index contributed by atoms with van der Waals surface area (Å²) in [6.45, 7) is 0. The van der Waals surface area contributed by atoms with Gasteiger partial charge in [0.2, 0.25) is 0 Å². The molecular weight excluding hydrogens is 222 g/mol. The quantitative estimate of drug-likeness (QED) is 0.877. The van der Waals surface area contributed by atoms with Crippen LogP contribution in [0.15, 0.2) is 30.3 Å². The minimum Gasteiger partial charge on any atom is -0.326 e. The highest BCUT2D eigenvalue weighted by Gasteiger charge is 2.21. The number of nitrogens with two attached hydrogens (primary N) is 1. The second-order valence-electron chi connectivity index (χ2n) is 3.84. The summed E-state index contributed by atoms with van der Waals surface area (Å²) in [4.78, 5) is 0. The fourth-order valence-corrected chi connectivity index (χ4v) is 4.59. The highest BCUT2D eigenvalue weighted by molar-refractivity contribution is 8.06. The summed E-state index contributed by atoms with van der Waals surface area (Å²) < 4.78 is 0. The summed E-state index contributed by atoms with van der Waals surface area (Å²) >= 11 is 4.09. The van der Waals surface area contributed by atoms with E-state index in [1.54, 1.807) is 0 Å². The predicted octanol–water partition coefficient (Wildman–Crippen LogP) is 2.41. The maximum Gasteiger partial charge on any atom is 0.0293 e. The molecule has 1 aromatic rings. The fraction of sp³-hybridized carbons (Fsp3) is 0.500. The van der Waals surface area contributed by atoms with E-state index in [-0.39, 0.29) is 0 Å². The molecular formula is C12H17NS2. The summed E-state index contributed by atoms with van der Waals surface area (Å²) in [5, 5.41) is 0.643. The van der Waals surface area contributed by atoms with E-state index in [0.29, 0.717) is 11.3 Å². The lowest BCUT2D eigenvalue weighted by Crippen LogP contribution is -2.38. The average Bonchev–Trinajstić information content (AvgIpc) is 2.31. The van der Waals surface area contributed by atoms with Gasteiger partial charge in [0.1, 0.15) is 0 Å². The van der Waals surface area contributed by atoms with E-state index in [4.69, 9.17) is 5.73 Å². The van der Waals surface area contributed by atoms with Gasteiger partial charge in [0, 0.05) is 28.6 Å². The Morgan fingerprint density at radius 2 is 2.07 bits per heavy atom. The second kappa shape index (κ2) is 5.83. The van der Waals surface area contributed by atoms with Gasteiger partial charge in [-0.15, -0.1) is 0 Å². The highest BCUT2D eigenvalue weighted by atomic mass is 32.2. The first-order chi connectivity index (χ1) is 7.36. The molecule has 2 N–H and O–H groups in total. The van der Waals surface area contributed by atoms with Crippen LogP contribution in [0.5, 0.6) is 0 Å². The van der Waals surface area contributed by atoms with Crippen molar-refractivity contribution in [1.29, 1.82) is 0 Å². The Morgan fingerprint density at radius 1 is 1.27 bits per heavy atom.